The van der Waals surface area contributed by atoms with Crippen LogP contribution in [0, 0.1) is 11.8 Å². The lowest BCUT2D eigenvalue weighted by molar-refractivity contribution is -0.149. The van der Waals surface area contributed by atoms with Crippen LogP contribution in [0.15, 0.2) is 0 Å². The van der Waals surface area contributed by atoms with Gasteiger partial charge in [-0.3, -0.25) is 4.79 Å². The minimum absolute atomic E-state index is 0.0494. The molecule has 1 heterocycles. The fraction of sp³-hybridized carbons (Fsp3) is 0.923. The minimum Gasteiger partial charge on any atom is -0.466 e. The van der Waals surface area contributed by atoms with Gasteiger partial charge in [0.1, 0.15) is 0 Å². The molecule has 124 valence electrons. The van der Waals surface area contributed by atoms with Crippen molar-refractivity contribution in [2.75, 3.05) is 32.8 Å². The lowest BCUT2D eigenvalue weighted by Crippen LogP contribution is -2.47. The van der Waals surface area contributed by atoms with Crippen LogP contribution in [0.1, 0.15) is 33.1 Å². The largest absolute Gasteiger partial charge is 0.466 e. The molecule has 1 fully saturated rings. The van der Waals surface area contributed by atoms with E-state index < -0.39 is 10.2 Å². The SMILES string of the molecule is CCOC(=O)C1CCN(S(=O)(=O)NCC(C)CCO)CC1. The number of hydrogen-bond acceptors (Lipinski definition) is 5. The van der Waals surface area contributed by atoms with Gasteiger partial charge >= 0.3 is 5.97 Å². The summed E-state index contributed by atoms with van der Waals surface area (Å²) >= 11 is 0. The number of carbonyl (C=O) groups excluding carboxylic acids is 1. The molecule has 2 N–H and O–H groups in total. The smallest absolute Gasteiger partial charge is 0.309 e. The monoisotopic (exact) mass is 322 g/mol. The Hall–Kier alpha value is -0.700. The highest BCUT2D eigenvalue weighted by molar-refractivity contribution is 7.87. The predicted octanol–water partition coefficient (Wildman–Crippen LogP) is 0.114. The normalized spacial score (nSPS) is 19.4. The summed E-state index contributed by atoms with van der Waals surface area (Å²) in [5, 5.41) is 8.81. The number of nitrogens with zero attached hydrogens (tertiary/aromatic N) is 1. The second-order valence-electron chi connectivity index (χ2n) is 5.40. The van der Waals surface area contributed by atoms with Gasteiger partial charge in [0.25, 0.3) is 10.2 Å². The van der Waals surface area contributed by atoms with Gasteiger partial charge in [0.05, 0.1) is 12.5 Å². The number of aliphatic hydroxyl groups is 1. The van der Waals surface area contributed by atoms with Crippen molar-refractivity contribution in [1.82, 2.24) is 9.03 Å². The quantitative estimate of drug-likeness (QED) is 0.619. The summed E-state index contributed by atoms with van der Waals surface area (Å²) in [6.07, 6.45) is 1.55. The number of nitrogens with one attached hydrogen (secondary N) is 1. The van der Waals surface area contributed by atoms with Crippen molar-refractivity contribution in [3.8, 4) is 0 Å². The first-order chi connectivity index (χ1) is 9.90. The van der Waals surface area contributed by atoms with Crippen molar-refractivity contribution >= 4 is 16.2 Å². The van der Waals surface area contributed by atoms with Crippen LogP contribution < -0.4 is 4.72 Å². The van der Waals surface area contributed by atoms with Crippen LogP contribution >= 0.6 is 0 Å². The van der Waals surface area contributed by atoms with E-state index in [9.17, 15) is 13.2 Å². The third kappa shape index (κ3) is 5.90. The number of ether oxygens (including phenoxy) is 1. The summed E-state index contributed by atoms with van der Waals surface area (Å²) in [4.78, 5) is 11.6. The molecule has 0 aliphatic carbocycles. The van der Waals surface area contributed by atoms with E-state index >= 15 is 0 Å². The number of hydrogen-bond donors (Lipinski definition) is 2. The van der Waals surface area contributed by atoms with Gasteiger partial charge in [0, 0.05) is 26.2 Å². The Morgan fingerprint density at radius 2 is 2.05 bits per heavy atom. The Morgan fingerprint density at radius 1 is 1.43 bits per heavy atom. The average Bonchev–Trinajstić information content (AvgIpc) is 2.46. The van der Waals surface area contributed by atoms with E-state index in [1.807, 2.05) is 6.92 Å². The number of carbonyl (C=O) groups is 1. The van der Waals surface area contributed by atoms with E-state index in [0.717, 1.165) is 0 Å². The van der Waals surface area contributed by atoms with E-state index in [0.29, 0.717) is 45.5 Å². The molecule has 0 bridgehead atoms. The maximum atomic E-state index is 12.1. The van der Waals surface area contributed by atoms with Crippen molar-refractivity contribution in [1.29, 1.82) is 0 Å². The van der Waals surface area contributed by atoms with Gasteiger partial charge in [-0.05, 0) is 32.1 Å². The van der Waals surface area contributed by atoms with Crippen LogP contribution in [0.25, 0.3) is 0 Å². The van der Waals surface area contributed by atoms with E-state index in [-0.39, 0.29) is 24.4 Å². The Balaban J connectivity index is 2.43. The molecule has 1 saturated heterocycles. The first-order valence-electron chi connectivity index (χ1n) is 7.43. The third-order valence-electron chi connectivity index (χ3n) is 3.65. The zero-order valence-electron chi connectivity index (χ0n) is 12.7. The summed E-state index contributed by atoms with van der Waals surface area (Å²) in [5.41, 5.74) is 0. The highest BCUT2D eigenvalue weighted by atomic mass is 32.2. The van der Waals surface area contributed by atoms with E-state index in [1.165, 1.54) is 4.31 Å². The van der Waals surface area contributed by atoms with E-state index in [1.54, 1.807) is 6.92 Å². The highest BCUT2D eigenvalue weighted by Gasteiger charge is 2.31. The molecule has 0 spiro atoms. The number of aliphatic hydroxyl groups excluding tert-OH is 1. The summed E-state index contributed by atoms with van der Waals surface area (Å²) in [6.45, 7) is 5.00. The predicted molar refractivity (Wildman–Crippen MR) is 78.7 cm³/mol. The van der Waals surface area contributed by atoms with Gasteiger partial charge in [-0.25, -0.2) is 4.72 Å². The molecular formula is C13H26N2O5S. The lowest BCUT2D eigenvalue weighted by atomic mass is 9.98. The summed E-state index contributed by atoms with van der Waals surface area (Å²) in [7, 11) is -3.51. The number of esters is 1. The molecule has 0 aromatic carbocycles. The van der Waals surface area contributed by atoms with Crippen molar-refractivity contribution < 1.29 is 23.1 Å². The lowest BCUT2D eigenvalue weighted by Gasteiger charge is -2.30. The topological polar surface area (TPSA) is 95.9 Å². The second-order valence-corrected chi connectivity index (χ2v) is 7.15. The molecule has 0 amide bonds. The van der Waals surface area contributed by atoms with Gasteiger partial charge < -0.3 is 9.84 Å². The van der Waals surface area contributed by atoms with Gasteiger partial charge in [-0.15, -0.1) is 0 Å². The van der Waals surface area contributed by atoms with Gasteiger partial charge in [0.15, 0.2) is 0 Å². The maximum absolute atomic E-state index is 12.1. The molecule has 7 nitrogen and oxygen atoms in total. The molecule has 0 saturated carbocycles. The van der Waals surface area contributed by atoms with Crippen LogP contribution in [-0.4, -0.2) is 56.6 Å². The third-order valence-corrected chi connectivity index (χ3v) is 5.23. The molecule has 0 aromatic rings. The van der Waals surface area contributed by atoms with E-state index in [4.69, 9.17) is 9.84 Å². The molecule has 0 aromatic heterocycles. The highest BCUT2D eigenvalue weighted by Crippen LogP contribution is 2.20. The number of rotatable bonds is 8. The Bertz CT molecular complexity index is 418. The average molecular weight is 322 g/mol. The molecule has 1 atom stereocenters. The van der Waals surface area contributed by atoms with Crippen molar-refractivity contribution in [3.05, 3.63) is 0 Å². The first-order valence-corrected chi connectivity index (χ1v) is 8.87. The summed E-state index contributed by atoms with van der Waals surface area (Å²) in [5.74, 6) is -0.356. The fourth-order valence-electron chi connectivity index (χ4n) is 2.25. The van der Waals surface area contributed by atoms with E-state index in [2.05, 4.69) is 4.72 Å². The number of piperidine rings is 1. The van der Waals surface area contributed by atoms with Gasteiger partial charge in [0.2, 0.25) is 0 Å². The Labute approximate surface area is 126 Å². The minimum atomic E-state index is -3.51. The van der Waals surface area contributed by atoms with Gasteiger partial charge in [-0.2, -0.15) is 12.7 Å². The maximum Gasteiger partial charge on any atom is 0.309 e. The first kappa shape index (κ1) is 18.3. The van der Waals surface area contributed by atoms with Crippen molar-refractivity contribution in [3.63, 3.8) is 0 Å². The Morgan fingerprint density at radius 3 is 2.57 bits per heavy atom. The summed E-state index contributed by atoms with van der Waals surface area (Å²) < 4.78 is 33.2. The molecule has 8 heteroatoms. The van der Waals surface area contributed by atoms with Crippen molar-refractivity contribution in [2.45, 2.75) is 33.1 Å². The van der Waals surface area contributed by atoms with Crippen LogP contribution in [0.5, 0.6) is 0 Å². The van der Waals surface area contributed by atoms with Crippen LogP contribution in [0.4, 0.5) is 0 Å². The molecular weight excluding hydrogens is 296 g/mol. The molecule has 21 heavy (non-hydrogen) atoms. The zero-order valence-corrected chi connectivity index (χ0v) is 13.6. The van der Waals surface area contributed by atoms with Crippen molar-refractivity contribution in [2.24, 2.45) is 11.8 Å². The van der Waals surface area contributed by atoms with Gasteiger partial charge in [-0.1, -0.05) is 6.92 Å². The zero-order chi connectivity index (χ0) is 15.9. The standard InChI is InChI=1S/C13H26N2O5S/c1-3-20-13(17)12-4-7-15(8-5-12)21(18,19)14-10-11(2)6-9-16/h11-12,14,16H,3-10H2,1-2H3. The molecule has 1 rings (SSSR count). The van der Waals surface area contributed by atoms with Crippen LogP contribution in [0.2, 0.25) is 0 Å². The second kappa shape index (κ2) is 8.67. The molecule has 1 aliphatic rings. The molecule has 0 radical (unpaired) electrons. The van der Waals surface area contributed by atoms with Crippen LogP contribution in [-0.2, 0) is 19.7 Å². The Kier molecular flexibility index (Phi) is 7.58. The molecule has 1 unspecified atom stereocenters. The fourth-order valence-corrected chi connectivity index (χ4v) is 3.62. The van der Waals surface area contributed by atoms with Crippen LogP contribution in [0.3, 0.4) is 0 Å². The molecule has 1 aliphatic heterocycles. The summed E-state index contributed by atoms with van der Waals surface area (Å²) in [6, 6.07) is 0.